The van der Waals surface area contributed by atoms with Crippen molar-refractivity contribution in [3.8, 4) is 23.0 Å². The number of ether oxygens (including phenoxy) is 4. The summed E-state index contributed by atoms with van der Waals surface area (Å²) in [6, 6.07) is 7.06. The van der Waals surface area contributed by atoms with E-state index in [1.165, 1.54) is 18.2 Å². The Balaban J connectivity index is 2.30. The maximum Gasteiger partial charge on any atom is 0.387 e. The number of benzene rings is 2. The molecule has 0 aliphatic rings. The van der Waals surface area contributed by atoms with Gasteiger partial charge in [-0.05, 0) is 51.1 Å². The van der Waals surface area contributed by atoms with Crippen molar-refractivity contribution in [1.29, 1.82) is 0 Å². The van der Waals surface area contributed by atoms with Crippen molar-refractivity contribution in [2.45, 2.75) is 27.4 Å². The molecule has 2 aromatic rings. The third-order valence-electron chi connectivity index (χ3n) is 3.58. The number of anilines is 1. The molecule has 6 nitrogen and oxygen atoms in total. The molecule has 0 bridgehead atoms. The number of amides is 1. The Morgan fingerprint density at radius 3 is 2.03 bits per heavy atom. The minimum absolute atomic E-state index is 0.0557. The van der Waals surface area contributed by atoms with Gasteiger partial charge in [0.15, 0.2) is 11.5 Å². The van der Waals surface area contributed by atoms with E-state index in [2.05, 4.69) is 10.1 Å². The van der Waals surface area contributed by atoms with Crippen LogP contribution in [0.1, 0.15) is 31.1 Å². The average Bonchev–Trinajstić information content (AvgIpc) is 2.66. The highest BCUT2D eigenvalue weighted by Gasteiger charge is 2.19. The zero-order valence-electron chi connectivity index (χ0n) is 16.3. The third kappa shape index (κ3) is 6.12. The van der Waals surface area contributed by atoms with E-state index in [1.54, 1.807) is 12.1 Å². The van der Waals surface area contributed by atoms with Crippen LogP contribution >= 0.6 is 11.6 Å². The maximum absolute atomic E-state index is 12.7. The molecule has 0 atom stereocenters. The number of nitrogens with one attached hydrogen (secondary N) is 1. The van der Waals surface area contributed by atoms with Gasteiger partial charge in [-0.3, -0.25) is 4.79 Å². The molecule has 1 N–H and O–H groups in total. The van der Waals surface area contributed by atoms with E-state index >= 15 is 0 Å². The Kier molecular flexibility index (Phi) is 8.33. The van der Waals surface area contributed by atoms with Gasteiger partial charge in [-0.15, -0.1) is 0 Å². The van der Waals surface area contributed by atoms with Gasteiger partial charge < -0.3 is 24.3 Å². The Morgan fingerprint density at radius 2 is 1.55 bits per heavy atom. The predicted molar refractivity (Wildman–Crippen MR) is 106 cm³/mol. The number of rotatable bonds is 10. The molecule has 2 rings (SSSR count). The molecule has 0 aliphatic carbocycles. The molecule has 1 amide bonds. The van der Waals surface area contributed by atoms with E-state index in [4.69, 9.17) is 25.8 Å². The van der Waals surface area contributed by atoms with Gasteiger partial charge in [-0.2, -0.15) is 8.78 Å². The van der Waals surface area contributed by atoms with Gasteiger partial charge >= 0.3 is 6.61 Å². The average molecular weight is 430 g/mol. The first-order chi connectivity index (χ1) is 13.9. The van der Waals surface area contributed by atoms with E-state index < -0.39 is 12.5 Å². The highest BCUT2D eigenvalue weighted by atomic mass is 35.5. The lowest BCUT2D eigenvalue weighted by atomic mass is 10.1. The van der Waals surface area contributed by atoms with E-state index in [0.29, 0.717) is 42.8 Å². The molecule has 158 valence electrons. The van der Waals surface area contributed by atoms with E-state index in [9.17, 15) is 13.6 Å². The topological polar surface area (TPSA) is 66.0 Å². The van der Waals surface area contributed by atoms with Crippen molar-refractivity contribution in [2.24, 2.45) is 0 Å². The molecule has 0 saturated heterocycles. The molecule has 9 heteroatoms. The monoisotopic (exact) mass is 429 g/mol. The lowest BCUT2D eigenvalue weighted by Gasteiger charge is -2.17. The van der Waals surface area contributed by atoms with Gasteiger partial charge in [0.25, 0.3) is 5.91 Å². The van der Waals surface area contributed by atoms with Gasteiger partial charge in [0.2, 0.25) is 5.75 Å². The van der Waals surface area contributed by atoms with E-state index in [1.807, 2.05) is 20.8 Å². The predicted octanol–water partition coefficient (Wildman–Crippen LogP) is 5.39. The number of hydrogen-bond acceptors (Lipinski definition) is 5. The Bertz CT molecular complexity index is 821. The van der Waals surface area contributed by atoms with Crippen LogP contribution < -0.4 is 24.3 Å². The second-order valence-electron chi connectivity index (χ2n) is 5.58. The number of carbonyl (C=O) groups is 1. The van der Waals surface area contributed by atoms with Gasteiger partial charge in [0.1, 0.15) is 5.75 Å². The summed E-state index contributed by atoms with van der Waals surface area (Å²) in [4.78, 5) is 12.7. The number of carbonyl (C=O) groups excluding carboxylic acids is 1. The van der Waals surface area contributed by atoms with Crippen molar-refractivity contribution in [1.82, 2.24) is 0 Å². The molecule has 0 aliphatic heterocycles. The normalized spacial score (nSPS) is 10.6. The second kappa shape index (κ2) is 10.7. The first-order valence-corrected chi connectivity index (χ1v) is 9.39. The first kappa shape index (κ1) is 22.5. The number of halogens is 3. The molecule has 0 spiro atoms. The summed E-state index contributed by atoms with van der Waals surface area (Å²) >= 11 is 5.93. The van der Waals surface area contributed by atoms with Crippen LogP contribution in [0, 0.1) is 0 Å². The van der Waals surface area contributed by atoms with Crippen LogP contribution in [0.4, 0.5) is 14.5 Å². The van der Waals surface area contributed by atoms with Gasteiger partial charge in [0.05, 0.1) is 24.8 Å². The second-order valence-corrected chi connectivity index (χ2v) is 5.99. The summed E-state index contributed by atoms with van der Waals surface area (Å²) < 4.78 is 45.8. The fourth-order valence-corrected chi connectivity index (χ4v) is 2.72. The van der Waals surface area contributed by atoms with Crippen molar-refractivity contribution in [3.63, 3.8) is 0 Å². The zero-order chi connectivity index (χ0) is 21.4. The van der Waals surface area contributed by atoms with Crippen LogP contribution in [0.5, 0.6) is 23.0 Å². The Morgan fingerprint density at radius 1 is 0.966 bits per heavy atom. The standard InChI is InChI=1S/C20H22ClF2NO5/c1-4-26-16-9-12(10-17(27-5-2)18(16)28-6-3)19(25)24-13-7-8-15(14(21)11-13)29-20(22)23/h7-11,20H,4-6H2,1-3H3,(H,24,25). The number of hydrogen-bond donors (Lipinski definition) is 1. The molecular weight excluding hydrogens is 408 g/mol. The quantitative estimate of drug-likeness (QED) is 0.548. The maximum atomic E-state index is 12.7. The van der Waals surface area contributed by atoms with Crippen LogP contribution in [0.3, 0.4) is 0 Å². The lowest BCUT2D eigenvalue weighted by Crippen LogP contribution is -2.13. The van der Waals surface area contributed by atoms with Crippen LogP contribution in [-0.4, -0.2) is 32.3 Å². The van der Waals surface area contributed by atoms with Crippen molar-refractivity contribution in [2.75, 3.05) is 25.1 Å². The Hall–Kier alpha value is -2.74. The summed E-state index contributed by atoms with van der Waals surface area (Å²) in [6.45, 7) is 3.61. The smallest absolute Gasteiger partial charge is 0.387 e. The summed E-state index contributed by atoms with van der Waals surface area (Å²) in [6.07, 6.45) is 0. The largest absolute Gasteiger partial charge is 0.490 e. The van der Waals surface area contributed by atoms with Crippen LogP contribution in [0.15, 0.2) is 30.3 Å². The molecule has 0 unspecified atom stereocenters. The van der Waals surface area contributed by atoms with Gasteiger partial charge in [-0.25, -0.2) is 0 Å². The molecule has 0 saturated carbocycles. The molecule has 0 fully saturated rings. The molecule has 2 aromatic carbocycles. The van der Waals surface area contributed by atoms with Crippen molar-refractivity contribution < 1.29 is 32.5 Å². The van der Waals surface area contributed by atoms with E-state index in [0.717, 1.165) is 0 Å². The molecule has 29 heavy (non-hydrogen) atoms. The SMILES string of the molecule is CCOc1cc(C(=O)Nc2ccc(OC(F)F)c(Cl)c2)cc(OCC)c1OCC. The highest BCUT2D eigenvalue weighted by molar-refractivity contribution is 6.32. The fraction of sp³-hybridized carbons (Fsp3) is 0.350. The molecule has 0 heterocycles. The third-order valence-corrected chi connectivity index (χ3v) is 3.87. The minimum Gasteiger partial charge on any atom is -0.490 e. The zero-order valence-corrected chi connectivity index (χ0v) is 17.0. The first-order valence-electron chi connectivity index (χ1n) is 9.01. The fourth-order valence-electron chi connectivity index (χ4n) is 2.49. The van der Waals surface area contributed by atoms with Gasteiger partial charge in [-0.1, -0.05) is 11.6 Å². The molecule has 0 aromatic heterocycles. The van der Waals surface area contributed by atoms with Crippen LogP contribution in [0.25, 0.3) is 0 Å². The summed E-state index contributed by atoms with van der Waals surface area (Å²) in [5, 5.41) is 2.60. The summed E-state index contributed by atoms with van der Waals surface area (Å²) in [7, 11) is 0. The van der Waals surface area contributed by atoms with Crippen molar-refractivity contribution in [3.05, 3.63) is 40.9 Å². The molecule has 0 radical (unpaired) electrons. The Labute approximate surface area is 172 Å². The lowest BCUT2D eigenvalue weighted by molar-refractivity contribution is -0.0497. The summed E-state index contributed by atoms with van der Waals surface area (Å²) in [5.41, 5.74) is 0.579. The van der Waals surface area contributed by atoms with Crippen LogP contribution in [0.2, 0.25) is 5.02 Å². The van der Waals surface area contributed by atoms with Gasteiger partial charge in [0, 0.05) is 11.3 Å². The minimum atomic E-state index is -2.99. The highest BCUT2D eigenvalue weighted by Crippen LogP contribution is 2.39. The summed E-state index contributed by atoms with van der Waals surface area (Å²) in [5.74, 6) is 0.532. The molecular formula is C20H22ClF2NO5. The number of alkyl halides is 2. The van der Waals surface area contributed by atoms with E-state index in [-0.39, 0.29) is 16.3 Å². The van der Waals surface area contributed by atoms with Crippen LogP contribution in [-0.2, 0) is 0 Å². The van der Waals surface area contributed by atoms with Crippen molar-refractivity contribution >= 4 is 23.2 Å².